The van der Waals surface area contributed by atoms with Gasteiger partial charge in [0, 0.05) is 0 Å². The highest BCUT2D eigenvalue weighted by Crippen LogP contribution is 2.28. The molecule has 0 amide bonds. The molecule has 0 aromatic carbocycles. The van der Waals surface area contributed by atoms with Crippen molar-refractivity contribution in [3.63, 3.8) is 0 Å². The van der Waals surface area contributed by atoms with Crippen LogP contribution >= 0.6 is 11.8 Å². The van der Waals surface area contributed by atoms with Crippen LogP contribution < -0.4 is 5.73 Å². The van der Waals surface area contributed by atoms with Gasteiger partial charge >= 0.3 is 6.18 Å². The van der Waals surface area contributed by atoms with Crippen LogP contribution in [-0.2, 0) is 9.84 Å². The molecule has 0 aliphatic carbocycles. The van der Waals surface area contributed by atoms with E-state index in [1.165, 1.54) is 0 Å². The minimum atomic E-state index is -4.49. The molecule has 0 radical (unpaired) electrons. The number of unbranched alkanes of at least 4 members (excludes halogenated alkanes) is 4. The van der Waals surface area contributed by atoms with Gasteiger partial charge in [-0.3, -0.25) is 5.41 Å². The summed E-state index contributed by atoms with van der Waals surface area (Å²) in [5.41, 5.74) is 4.94. The molecule has 23 heavy (non-hydrogen) atoms. The molecule has 0 spiro atoms. The smallest absolute Gasteiger partial charge is 0.312 e. The fourth-order valence-corrected chi connectivity index (χ4v) is 3.59. The second kappa shape index (κ2) is 9.27. The van der Waals surface area contributed by atoms with E-state index >= 15 is 0 Å². The van der Waals surface area contributed by atoms with Gasteiger partial charge in [0.15, 0.2) is 15.2 Å². The molecular weight excluding hydrogens is 349 g/mol. The van der Waals surface area contributed by atoms with Crippen LogP contribution in [0.5, 0.6) is 0 Å². The van der Waals surface area contributed by atoms with E-state index in [2.05, 4.69) is 0 Å². The third-order valence-corrected chi connectivity index (χ3v) is 7.04. The maximum atomic E-state index is 12.2. The maximum absolute atomic E-state index is 12.2. The molecule has 0 aromatic heterocycles. The van der Waals surface area contributed by atoms with E-state index in [1.807, 2.05) is 0 Å². The zero-order chi connectivity index (χ0) is 18.3. The lowest BCUT2D eigenvalue weighted by atomic mass is 10.1. The van der Waals surface area contributed by atoms with Crippen molar-refractivity contribution in [3.8, 4) is 0 Å². The van der Waals surface area contributed by atoms with Gasteiger partial charge in [0.2, 0.25) is 0 Å². The zero-order valence-corrected chi connectivity index (χ0v) is 15.5. The van der Waals surface area contributed by atoms with Gasteiger partial charge in [0.25, 0.3) is 0 Å². The molecule has 138 valence electrons. The average molecular weight is 377 g/mol. The average Bonchev–Trinajstić information content (AvgIpc) is 2.34. The number of sulfone groups is 1. The Kier molecular flexibility index (Phi) is 9.15. The van der Waals surface area contributed by atoms with Crippen molar-refractivity contribution < 1.29 is 21.6 Å². The van der Waals surface area contributed by atoms with Crippen LogP contribution in [0.2, 0.25) is 0 Å². The number of nitrogens with one attached hydrogen (secondary N) is 1. The molecule has 4 nitrogen and oxygen atoms in total. The minimum Gasteiger partial charge on any atom is -0.312 e. The lowest BCUT2D eigenvalue weighted by molar-refractivity contribution is -0.127. The fraction of sp³-hybridized carbons (Fsp3) is 0.929. The van der Waals surface area contributed by atoms with E-state index in [0.29, 0.717) is 24.6 Å². The van der Waals surface area contributed by atoms with Crippen LogP contribution in [0.4, 0.5) is 13.2 Å². The molecule has 0 saturated carbocycles. The van der Waals surface area contributed by atoms with Crippen molar-refractivity contribution >= 4 is 26.6 Å². The number of alkyl halides is 3. The lowest BCUT2D eigenvalue weighted by Gasteiger charge is -2.18. The number of hydrogen-bond donors (Lipinski definition) is 2. The highest BCUT2D eigenvalue weighted by molar-refractivity contribution is 8.14. The molecule has 0 aliphatic heterocycles. The van der Waals surface area contributed by atoms with E-state index < -0.39 is 26.1 Å². The first-order valence-electron chi connectivity index (χ1n) is 7.56. The third-order valence-electron chi connectivity index (χ3n) is 3.34. The topological polar surface area (TPSA) is 84.0 Å². The number of rotatable bonds is 9. The first-order valence-corrected chi connectivity index (χ1v) is 10.1. The molecule has 1 atom stereocenters. The largest absolute Gasteiger partial charge is 0.413 e. The van der Waals surface area contributed by atoms with Crippen LogP contribution in [0.3, 0.4) is 0 Å². The SMILES string of the molecule is CC(C)(C)S(=O)(=O)CCCCCCCC(=N)SC(N)C(F)(F)F. The van der Waals surface area contributed by atoms with Crippen molar-refractivity contribution in [2.45, 2.75) is 75.6 Å². The fourth-order valence-electron chi connectivity index (χ4n) is 1.69. The Morgan fingerprint density at radius 3 is 2.04 bits per heavy atom. The first kappa shape index (κ1) is 22.7. The second-order valence-corrected chi connectivity index (χ2v) is 10.6. The summed E-state index contributed by atoms with van der Waals surface area (Å²) in [5.74, 6) is 0.155. The third kappa shape index (κ3) is 9.56. The number of nitrogens with two attached hydrogens (primary N) is 1. The van der Waals surface area contributed by atoms with Crippen molar-refractivity contribution in [2.24, 2.45) is 5.73 Å². The summed E-state index contributed by atoms with van der Waals surface area (Å²) in [4.78, 5) is 0. The summed E-state index contributed by atoms with van der Waals surface area (Å²) < 4.78 is 59.7. The van der Waals surface area contributed by atoms with Gasteiger partial charge < -0.3 is 5.73 Å². The number of halogens is 3. The molecule has 0 aromatic rings. The second-order valence-electron chi connectivity index (χ2n) is 6.45. The molecule has 0 bridgehead atoms. The number of hydrogen-bond acceptors (Lipinski definition) is 5. The van der Waals surface area contributed by atoms with Gasteiger partial charge in [-0.25, -0.2) is 8.42 Å². The minimum absolute atomic E-state index is 0.0647. The highest BCUT2D eigenvalue weighted by atomic mass is 32.2. The lowest BCUT2D eigenvalue weighted by Crippen LogP contribution is -2.35. The summed E-state index contributed by atoms with van der Waals surface area (Å²) in [6.45, 7) is 5.03. The van der Waals surface area contributed by atoms with Crippen molar-refractivity contribution in [3.05, 3.63) is 0 Å². The van der Waals surface area contributed by atoms with Crippen molar-refractivity contribution in [2.75, 3.05) is 5.75 Å². The van der Waals surface area contributed by atoms with Gasteiger partial charge in [-0.1, -0.05) is 31.0 Å². The monoisotopic (exact) mass is 376 g/mol. The summed E-state index contributed by atoms with van der Waals surface area (Å²) in [6, 6.07) is 0. The van der Waals surface area contributed by atoms with Gasteiger partial charge in [-0.05, 0) is 40.0 Å². The summed E-state index contributed by atoms with van der Waals surface area (Å²) in [6.07, 6.45) is -0.683. The Balaban J connectivity index is 3.77. The highest BCUT2D eigenvalue weighted by Gasteiger charge is 2.37. The maximum Gasteiger partial charge on any atom is 0.413 e. The van der Waals surface area contributed by atoms with Crippen LogP contribution in [0.25, 0.3) is 0 Å². The van der Waals surface area contributed by atoms with Gasteiger partial charge in [0.1, 0.15) is 0 Å². The normalized spacial score (nSPS) is 14.7. The molecule has 9 heteroatoms. The Morgan fingerprint density at radius 1 is 1.09 bits per heavy atom. The quantitative estimate of drug-likeness (QED) is 0.275. The predicted molar refractivity (Wildman–Crippen MR) is 90.6 cm³/mol. The van der Waals surface area contributed by atoms with E-state index in [0.717, 1.165) is 19.3 Å². The molecular formula is C14H27F3N2O2S2. The van der Waals surface area contributed by atoms with Crippen LogP contribution in [0.1, 0.15) is 59.3 Å². The zero-order valence-electron chi connectivity index (χ0n) is 13.9. The Hall–Kier alpha value is -0.280. The van der Waals surface area contributed by atoms with Crippen molar-refractivity contribution in [1.29, 1.82) is 5.41 Å². The van der Waals surface area contributed by atoms with Crippen LogP contribution in [0, 0.1) is 5.41 Å². The molecule has 1 unspecified atom stereocenters. The predicted octanol–water partition coefficient (Wildman–Crippen LogP) is 4.10. The summed E-state index contributed by atoms with van der Waals surface area (Å²) in [7, 11) is -3.09. The molecule has 0 heterocycles. The summed E-state index contributed by atoms with van der Waals surface area (Å²) >= 11 is 0.338. The Bertz CT molecular complexity index is 471. The molecule has 0 fully saturated rings. The van der Waals surface area contributed by atoms with E-state index in [1.54, 1.807) is 20.8 Å². The molecule has 0 aliphatic rings. The van der Waals surface area contributed by atoms with Crippen molar-refractivity contribution in [1.82, 2.24) is 0 Å². The van der Waals surface area contributed by atoms with E-state index in [-0.39, 0.29) is 17.2 Å². The first-order chi connectivity index (χ1) is 10.3. The van der Waals surface area contributed by atoms with Gasteiger partial charge in [-0.2, -0.15) is 13.2 Å². The molecule has 0 rings (SSSR count). The van der Waals surface area contributed by atoms with E-state index in [4.69, 9.17) is 11.1 Å². The van der Waals surface area contributed by atoms with Gasteiger partial charge in [0.05, 0.1) is 15.5 Å². The van der Waals surface area contributed by atoms with E-state index in [9.17, 15) is 21.6 Å². The number of thioether (sulfide) groups is 1. The standard InChI is InChI=1S/C14H27F3N2O2S2/c1-13(2,3)23(20,21)10-8-6-4-5-7-9-11(18)22-12(19)14(15,16)17/h12,18H,4-10,19H2,1-3H3. The Labute approximate surface area is 141 Å². The summed E-state index contributed by atoms with van der Waals surface area (Å²) in [5, 5.41) is 5.36. The molecule has 3 N–H and O–H groups in total. The van der Waals surface area contributed by atoms with Gasteiger partial charge in [-0.15, -0.1) is 0 Å². The van der Waals surface area contributed by atoms with Crippen LogP contribution in [0.15, 0.2) is 0 Å². The molecule has 0 saturated heterocycles. The van der Waals surface area contributed by atoms with Crippen LogP contribution in [-0.4, -0.2) is 35.5 Å². The Morgan fingerprint density at radius 2 is 1.57 bits per heavy atom.